The lowest BCUT2D eigenvalue weighted by Crippen LogP contribution is -2.12. The lowest BCUT2D eigenvalue weighted by molar-refractivity contribution is 0.102. The van der Waals surface area contributed by atoms with Gasteiger partial charge in [0.1, 0.15) is 0 Å². The number of carbonyl (C=O) groups excluding carboxylic acids is 1. The third kappa shape index (κ3) is 3.08. The first-order chi connectivity index (χ1) is 8.69. The van der Waals surface area contributed by atoms with Crippen LogP contribution in [0.3, 0.4) is 0 Å². The van der Waals surface area contributed by atoms with Crippen molar-refractivity contribution in [3.05, 3.63) is 59.4 Å². The van der Waals surface area contributed by atoms with Crippen molar-refractivity contribution < 1.29 is 4.79 Å². The highest BCUT2D eigenvalue weighted by Crippen LogP contribution is 2.11. The number of aryl methyl sites for hydroxylation is 1. The minimum atomic E-state index is -0.160. The van der Waals surface area contributed by atoms with Gasteiger partial charge in [0.05, 0.1) is 11.9 Å². The number of rotatable bonds is 3. The highest BCUT2D eigenvalue weighted by molar-refractivity contribution is 6.17. The Labute approximate surface area is 111 Å². The van der Waals surface area contributed by atoms with Gasteiger partial charge in [0.25, 0.3) is 5.91 Å². The van der Waals surface area contributed by atoms with Crippen LogP contribution in [-0.4, -0.2) is 10.9 Å². The van der Waals surface area contributed by atoms with Crippen LogP contribution in [0, 0.1) is 6.92 Å². The Bertz CT molecular complexity index is 552. The van der Waals surface area contributed by atoms with E-state index in [9.17, 15) is 4.79 Å². The summed E-state index contributed by atoms with van der Waals surface area (Å²) >= 11 is 5.74. The van der Waals surface area contributed by atoms with Crippen molar-refractivity contribution in [3.63, 3.8) is 0 Å². The highest BCUT2D eigenvalue weighted by Gasteiger charge is 2.06. The lowest BCUT2D eigenvalue weighted by Gasteiger charge is -2.06. The molecule has 0 spiro atoms. The first-order valence-corrected chi connectivity index (χ1v) is 6.11. The predicted octanol–water partition coefficient (Wildman–Crippen LogP) is 3.38. The normalized spacial score (nSPS) is 10.1. The number of hydrogen-bond donors (Lipinski definition) is 1. The topological polar surface area (TPSA) is 42.0 Å². The van der Waals surface area contributed by atoms with E-state index in [1.807, 2.05) is 31.2 Å². The molecule has 0 unspecified atom stereocenters. The quantitative estimate of drug-likeness (QED) is 0.860. The lowest BCUT2D eigenvalue weighted by atomic mass is 10.1. The van der Waals surface area contributed by atoms with E-state index in [1.54, 1.807) is 18.3 Å². The molecule has 3 nitrogen and oxygen atoms in total. The summed E-state index contributed by atoms with van der Waals surface area (Å²) in [4.78, 5) is 16.1. The van der Waals surface area contributed by atoms with Crippen LogP contribution in [0.5, 0.6) is 0 Å². The van der Waals surface area contributed by atoms with Crippen LogP contribution >= 0.6 is 11.6 Å². The van der Waals surface area contributed by atoms with Crippen LogP contribution in [0.4, 0.5) is 5.69 Å². The number of carbonyl (C=O) groups is 1. The molecule has 18 heavy (non-hydrogen) atoms. The smallest absolute Gasteiger partial charge is 0.255 e. The Hall–Kier alpha value is -1.87. The van der Waals surface area contributed by atoms with Crippen LogP contribution < -0.4 is 5.32 Å². The second-order valence-corrected chi connectivity index (χ2v) is 4.24. The number of pyridine rings is 1. The summed E-state index contributed by atoms with van der Waals surface area (Å²) in [6.07, 6.45) is 1.64. The highest BCUT2D eigenvalue weighted by atomic mass is 35.5. The maximum absolute atomic E-state index is 12.0. The summed E-state index contributed by atoms with van der Waals surface area (Å²) in [5.41, 5.74) is 3.11. The van der Waals surface area contributed by atoms with Gasteiger partial charge in [-0.25, -0.2) is 0 Å². The average molecular weight is 261 g/mol. The molecule has 1 amide bonds. The number of alkyl halides is 1. The molecule has 92 valence electrons. The van der Waals surface area contributed by atoms with Crippen LogP contribution in [0.25, 0.3) is 0 Å². The van der Waals surface area contributed by atoms with Gasteiger partial charge in [-0.3, -0.25) is 9.78 Å². The fraction of sp³-hybridized carbons (Fsp3) is 0.143. The SMILES string of the molecule is Cc1ccc(NC(=O)c2cccc(CCl)c2)cn1. The van der Waals surface area contributed by atoms with E-state index in [0.717, 1.165) is 11.3 Å². The molecule has 2 aromatic rings. The van der Waals surface area contributed by atoms with Gasteiger partial charge in [0, 0.05) is 17.1 Å². The Kier molecular flexibility index (Phi) is 3.95. The first-order valence-electron chi connectivity index (χ1n) is 5.58. The standard InChI is InChI=1S/C14H13ClN2O/c1-10-5-6-13(9-16-10)17-14(18)12-4-2-3-11(7-12)8-15/h2-7,9H,8H2,1H3,(H,17,18). The number of aromatic nitrogens is 1. The van der Waals surface area contributed by atoms with Crippen molar-refractivity contribution in [1.29, 1.82) is 0 Å². The van der Waals surface area contributed by atoms with Crippen molar-refractivity contribution in [2.45, 2.75) is 12.8 Å². The molecule has 0 aliphatic heterocycles. The number of hydrogen-bond acceptors (Lipinski definition) is 2. The minimum absolute atomic E-state index is 0.160. The van der Waals surface area contributed by atoms with E-state index in [0.29, 0.717) is 17.1 Å². The summed E-state index contributed by atoms with van der Waals surface area (Å²) in [6, 6.07) is 10.9. The maximum atomic E-state index is 12.0. The number of halogens is 1. The molecule has 1 aromatic carbocycles. The van der Waals surface area contributed by atoms with E-state index < -0.39 is 0 Å². The van der Waals surface area contributed by atoms with Gasteiger partial charge < -0.3 is 5.32 Å². The Morgan fingerprint density at radius 1 is 1.33 bits per heavy atom. The van der Waals surface area contributed by atoms with E-state index >= 15 is 0 Å². The van der Waals surface area contributed by atoms with Gasteiger partial charge in [-0.2, -0.15) is 0 Å². The third-order valence-corrected chi connectivity index (χ3v) is 2.82. The van der Waals surface area contributed by atoms with Gasteiger partial charge in [0.2, 0.25) is 0 Å². The molecule has 0 atom stereocenters. The third-order valence-electron chi connectivity index (χ3n) is 2.51. The van der Waals surface area contributed by atoms with E-state index in [4.69, 9.17) is 11.6 Å². The molecule has 1 heterocycles. The molecular weight excluding hydrogens is 248 g/mol. The molecule has 0 aliphatic rings. The molecular formula is C14H13ClN2O. The fourth-order valence-corrected chi connectivity index (χ4v) is 1.71. The van der Waals surface area contributed by atoms with Crippen molar-refractivity contribution in [2.24, 2.45) is 0 Å². The number of nitrogens with zero attached hydrogens (tertiary/aromatic N) is 1. The van der Waals surface area contributed by atoms with Gasteiger partial charge >= 0.3 is 0 Å². The second-order valence-electron chi connectivity index (χ2n) is 3.98. The van der Waals surface area contributed by atoms with Crippen molar-refractivity contribution >= 4 is 23.2 Å². The Balaban J connectivity index is 2.14. The number of anilines is 1. The van der Waals surface area contributed by atoms with Crippen LogP contribution in [0.1, 0.15) is 21.6 Å². The van der Waals surface area contributed by atoms with Gasteiger partial charge in [-0.05, 0) is 36.8 Å². The molecule has 2 rings (SSSR count). The second kappa shape index (κ2) is 5.65. The zero-order valence-electron chi connectivity index (χ0n) is 9.98. The molecule has 0 saturated heterocycles. The minimum Gasteiger partial charge on any atom is -0.321 e. The number of benzene rings is 1. The summed E-state index contributed by atoms with van der Waals surface area (Å²) in [6.45, 7) is 1.90. The molecule has 0 fully saturated rings. The Morgan fingerprint density at radius 2 is 2.17 bits per heavy atom. The first kappa shape index (κ1) is 12.6. The molecule has 4 heteroatoms. The van der Waals surface area contributed by atoms with E-state index in [2.05, 4.69) is 10.3 Å². The van der Waals surface area contributed by atoms with E-state index in [-0.39, 0.29) is 5.91 Å². The summed E-state index contributed by atoms with van der Waals surface area (Å²) in [5, 5.41) is 2.79. The van der Waals surface area contributed by atoms with E-state index in [1.165, 1.54) is 0 Å². The van der Waals surface area contributed by atoms with Crippen molar-refractivity contribution in [2.75, 3.05) is 5.32 Å². The summed E-state index contributed by atoms with van der Waals surface area (Å²) in [5.74, 6) is 0.236. The monoisotopic (exact) mass is 260 g/mol. The summed E-state index contributed by atoms with van der Waals surface area (Å²) in [7, 11) is 0. The van der Waals surface area contributed by atoms with Crippen molar-refractivity contribution in [1.82, 2.24) is 4.98 Å². The number of amides is 1. The Morgan fingerprint density at radius 3 is 2.83 bits per heavy atom. The van der Waals surface area contributed by atoms with Gasteiger partial charge in [-0.1, -0.05) is 12.1 Å². The van der Waals surface area contributed by atoms with Crippen LogP contribution in [0.15, 0.2) is 42.6 Å². The largest absolute Gasteiger partial charge is 0.321 e. The molecule has 0 bridgehead atoms. The predicted molar refractivity (Wildman–Crippen MR) is 72.9 cm³/mol. The molecule has 1 N–H and O–H groups in total. The molecule has 0 saturated carbocycles. The summed E-state index contributed by atoms with van der Waals surface area (Å²) < 4.78 is 0. The molecule has 0 radical (unpaired) electrons. The zero-order valence-corrected chi connectivity index (χ0v) is 10.7. The van der Waals surface area contributed by atoms with Gasteiger partial charge in [-0.15, -0.1) is 11.6 Å². The van der Waals surface area contributed by atoms with Gasteiger partial charge in [0.15, 0.2) is 0 Å². The van der Waals surface area contributed by atoms with Crippen molar-refractivity contribution in [3.8, 4) is 0 Å². The number of nitrogens with one attached hydrogen (secondary N) is 1. The zero-order chi connectivity index (χ0) is 13.0. The maximum Gasteiger partial charge on any atom is 0.255 e. The molecule has 0 aliphatic carbocycles. The molecule has 1 aromatic heterocycles. The average Bonchev–Trinajstić information content (AvgIpc) is 2.41. The van der Waals surface area contributed by atoms with Crippen LogP contribution in [0.2, 0.25) is 0 Å². The van der Waals surface area contributed by atoms with Crippen LogP contribution in [-0.2, 0) is 5.88 Å². The fourth-order valence-electron chi connectivity index (χ4n) is 1.54.